The molecule has 2 amide bonds. The molecular formula is C5H6F3NO3. The van der Waals surface area contributed by atoms with Gasteiger partial charge in [-0.3, -0.25) is 14.9 Å². The van der Waals surface area contributed by atoms with Gasteiger partial charge in [-0.05, 0) is 0 Å². The van der Waals surface area contributed by atoms with Gasteiger partial charge in [-0.15, -0.1) is 0 Å². The minimum Gasteiger partial charge on any atom is -0.383 e. The molecule has 1 fully saturated rings. The summed E-state index contributed by atoms with van der Waals surface area (Å²) in [4.78, 5) is 20.4. The zero-order valence-electron chi connectivity index (χ0n) is 5.76. The third-order valence-corrected chi connectivity index (χ3v) is 0.944. The molecule has 0 aliphatic carbocycles. The van der Waals surface area contributed by atoms with Gasteiger partial charge < -0.3 is 5.11 Å². The van der Waals surface area contributed by atoms with E-state index in [1.165, 1.54) is 0 Å². The molecule has 0 radical (unpaired) electrons. The smallest absolute Gasteiger partial charge is 0.379 e. The van der Waals surface area contributed by atoms with E-state index in [1.807, 2.05) is 5.32 Å². The van der Waals surface area contributed by atoms with Crippen LogP contribution in [-0.4, -0.2) is 29.7 Å². The number of carbonyl (C=O) groups is 2. The predicted octanol–water partition coefficient (Wildman–Crippen LogP) is -0.428. The molecule has 0 saturated carbocycles. The molecule has 0 bridgehead atoms. The summed E-state index contributed by atoms with van der Waals surface area (Å²) in [6.07, 6.45) is -1.19. The molecule has 1 atom stereocenters. The summed E-state index contributed by atoms with van der Waals surface area (Å²) in [5, 5.41) is 10.5. The Balaban J connectivity index is 0.000000261. The Morgan fingerprint density at radius 3 is 1.92 bits per heavy atom. The van der Waals surface area contributed by atoms with E-state index in [4.69, 9.17) is 5.11 Å². The quantitative estimate of drug-likeness (QED) is 0.503. The summed E-state index contributed by atoms with van der Waals surface area (Å²) in [6, 6.07) is 0. The number of imide groups is 1. The molecule has 12 heavy (non-hydrogen) atoms. The molecule has 1 aliphatic heterocycles. The molecule has 2 N–H and O–H groups in total. The van der Waals surface area contributed by atoms with E-state index in [0.717, 1.165) is 0 Å². The highest BCUT2D eigenvalue weighted by Crippen LogP contribution is 1.98. The standard InChI is InChI=1S/C4H5NO3.CHF3/c6-2-1-3(7)5-4(2)8;2-1(3)4/h2,6H,1H2,(H,5,7,8);1H. The maximum Gasteiger partial charge on any atom is 0.379 e. The van der Waals surface area contributed by atoms with E-state index in [0.29, 0.717) is 0 Å². The van der Waals surface area contributed by atoms with Crippen molar-refractivity contribution in [1.29, 1.82) is 0 Å². The largest absolute Gasteiger partial charge is 0.383 e. The fourth-order valence-electron chi connectivity index (χ4n) is 0.540. The van der Waals surface area contributed by atoms with Crippen LogP contribution in [0.4, 0.5) is 13.2 Å². The van der Waals surface area contributed by atoms with Gasteiger partial charge in [0.15, 0.2) is 0 Å². The second-order valence-corrected chi connectivity index (χ2v) is 1.88. The Morgan fingerprint density at radius 1 is 1.42 bits per heavy atom. The summed E-state index contributed by atoms with van der Waals surface area (Å²) < 4.78 is 29.0. The van der Waals surface area contributed by atoms with Crippen molar-refractivity contribution in [3.05, 3.63) is 0 Å². The van der Waals surface area contributed by atoms with Crippen LogP contribution in [0.1, 0.15) is 6.42 Å². The molecule has 1 aliphatic rings. The van der Waals surface area contributed by atoms with Crippen LogP contribution < -0.4 is 5.32 Å². The highest BCUT2D eigenvalue weighted by Gasteiger charge is 2.27. The van der Waals surface area contributed by atoms with Gasteiger partial charge in [-0.2, -0.15) is 13.2 Å². The molecule has 0 spiro atoms. The average Bonchev–Trinajstić information content (AvgIpc) is 2.08. The molecule has 1 heterocycles. The zero-order chi connectivity index (χ0) is 9.72. The van der Waals surface area contributed by atoms with Gasteiger partial charge >= 0.3 is 6.68 Å². The van der Waals surface area contributed by atoms with Crippen LogP contribution in [0.3, 0.4) is 0 Å². The number of nitrogens with one attached hydrogen (secondary N) is 1. The molecule has 0 aromatic heterocycles. The number of amides is 2. The minimum atomic E-state index is -3.67. The number of halogens is 3. The monoisotopic (exact) mass is 185 g/mol. The predicted molar refractivity (Wildman–Crippen MR) is 30.9 cm³/mol. The third-order valence-electron chi connectivity index (χ3n) is 0.944. The summed E-state index contributed by atoms with van der Waals surface area (Å²) >= 11 is 0. The van der Waals surface area contributed by atoms with Crippen molar-refractivity contribution in [3.63, 3.8) is 0 Å². The van der Waals surface area contributed by atoms with Gasteiger partial charge in [0.05, 0.1) is 6.42 Å². The maximum absolute atomic E-state index is 10.2. The molecular weight excluding hydrogens is 179 g/mol. The first-order chi connectivity index (χ1) is 5.43. The molecule has 1 saturated heterocycles. The molecule has 7 heteroatoms. The number of hydrogen-bond donors (Lipinski definition) is 2. The van der Waals surface area contributed by atoms with Crippen LogP contribution in [0.2, 0.25) is 0 Å². The number of aliphatic hydroxyl groups is 1. The van der Waals surface area contributed by atoms with E-state index < -0.39 is 24.6 Å². The van der Waals surface area contributed by atoms with Crippen molar-refractivity contribution in [2.45, 2.75) is 19.2 Å². The SMILES string of the molecule is FC(F)F.O=C1CC(O)C(=O)N1. The van der Waals surface area contributed by atoms with Crippen molar-refractivity contribution >= 4 is 11.8 Å². The maximum atomic E-state index is 10.2. The average molecular weight is 185 g/mol. The Kier molecular flexibility index (Phi) is 4.27. The summed E-state index contributed by atoms with van der Waals surface area (Å²) in [5.74, 6) is -0.988. The number of carbonyl (C=O) groups excluding carboxylic acids is 2. The van der Waals surface area contributed by atoms with Crippen molar-refractivity contribution < 1.29 is 27.9 Å². The topological polar surface area (TPSA) is 66.4 Å². The van der Waals surface area contributed by atoms with Crippen molar-refractivity contribution in [2.24, 2.45) is 0 Å². The molecule has 0 aromatic carbocycles. The van der Waals surface area contributed by atoms with Crippen LogP contribution in [0, 0.1) is 0 Å². The molecule has 1 rings (SSSR count). The van der Waals surface area contributed by atoms with Crippen molar-refractivity contribution in [3.8, 4) is 0 Å². The molecule has 1 unspecified atom stereocenters. The molecule has 70 valence electrons. The Morgan fingerprint density at radius 2 is 1.83 bits per heavy atom. The van der Waals surface area contributed by atoms with Crippen LogP contribution in [0.5, 0.6) is 0 Å². The summed E-state index contributed by atoms with van der Waals surface area (Å²) in [7, 11) is 0. The van der Waals surface area contributed by atoms with Gasteiger partial charge in [0, 0.05) is 0 Å². The van der Waals surface area contributed by atoms with Crippen LogP contribution in [0.25, 0.3) is 0 Å². The second-order valence-electron chi connectivity index (χ2n) is 1.88. The Labute approximate surface area is 65.4 Å². The van der Waals surface area contributed by atoms with Gasteiger partial charge in [-0.1, -0.05) is 0 Å². The zero-order valence-corrected chi connectivity index (χ0v) is 5.76. The summed E-state index contributed by atoms with van der Waals surface area (Å²) in [5.41, 5.74) is 0. The van der Waals surface area contributed by atoms with E-state index in [2.05, 4.69) is 0 Å². The van der Waals surface area contributed by atoms with Crippen molar-refractivity contribution in [2.75, 3.05) is 0 Å². The van der Waals surface area contributed by atoms with E-state index in [-0.39, 0.29) is 6.42 Å². The highest BCUT2D eigenvalue weighted by molar-refractivity contribution is 6.04. The minimum absolute atomic E-state index is 0.0845. The number of alkyl halides is 3. The van der Waals surface area contributed by atoms with Crippen LogP contribution in [-0.2, 0) is 9.59 Å². The number of aliphatic hydroxyl groups excluding tert-OH is 1. The van der Waals surface area contributed by atoms with Gasteiger partial charge in [0.2, 0.25) is 5.91 Å². The van der Waals surface area contributed by atoms with E-state index >= 15 is 0 Å². The lowest BCUT2D eigenvalue weighted by Gasteiger charge is -1.88. The number of rotatable bonds is 0. The lowest BCUT2D eigenvalue weighted by Crippen LogP contribution is -2.24. The fourth-order valence-corrected chi connectivity index (χ4v) is 0.540. The molecule has 4 nitrogen and oxygen atoms in total. The fraction of sp³-hybridized carbons (Fsp3) is 0.600. The normalized spacial score (nSPS) is 21.9. The van der Waals surface area contributed by atoms with Gasteiger partial charge in [0.1, 0.15) is 6.10 Å². The van der Waals surface area contributed by atoms with E-state index in [9.17, 15) is 22.8 Å². The second kappa shape index (κ2) is 4.70. The third kappa shape index (κ3) is 4.67. The Bertz CT molecular complexity index is 182. The van der Waals surface area contributed by atoms with Crippen LogP contribution in [0.15, 0.2) is 0 Å². The van der Waals surface area contributed by atoms with Crippen LogP contribution >= 0.6 is 0 Å². The van der Waals surface area contributed by atoms with Gasteiger partial charge in [0.25, 0.3) is 5.91 Å². The first kappa shape index (κ1) is 10.9. The first-order valence-corrected chi connectivity index (χ1v) is 2.87. The van der Waals surface area contributed by atoms with Gasteiger partial charge in [-0.25, -0.2) is 0 Å². The summed E-state index contributed by atoms with van der Waals surface area (Å²) in [6.45, 7) is -3.67. The number of hydrogen-bond acceptors (Lipinski definition) is 3. The Hall–Kier alpha value is -1.11. The first-order valence-electron chi connectivity index (χ1n) is 2.87. The highest BCUT2D eigenvalue weighted by atomic mass is 19.4. The van der Waals surface area contributed by atoms with E-state index in [1.54, 1.807) is 0 Å². The lowest BCUT2D eigenvalue weighted by atomic mass is 10.3. The lowest BCUT2D eigenvalue weighted by molar-refractivity contribution is -0.127. The molecule has 0 aromatic rings. The van der Waals surface area contributed by atoms with Crippen molar-refractivity contribution in [1.82, 2.24) is 5.32 Å².